The van der Waals surface area contributed by atoms with Gasteiger partial charge >= 0.3 is 0 Å². The molecule has 2 aromatic heterocycles. The van der Waals surface area contributed by atoms with Crippen LogP contribution in [0.25, 0.3) is 11.4 Å². The fourth-order valence-electron chi connectivity index (χ4n) is 3.54. The molecule has 26 heavy (non-hydrogen) atoms. The molecular formula is C20H21ClN4S. The zero-order chi connectivity index (χ0) is 17.9. The van der Waals surface area contributed by atoms with Crippen LogP contribution in [0.15, 0.2) is 53.9 Å². The van der Waals surface area contributed by atoms with Gasteiger partial charge in [0.25, 0.3) is 0 Å². The van der Waals surface area contributed by atoms with Gasteiger partial charge in [0, 0.05) is 29.2 Å². The van der Waals surface area contributed by atoms with Gasteiger partial charge in [0.1, 0.15) is 0 Å². The van der Waals surface area contributed by atoms with E-state index in [1.165, 1.54) is 31.2 Å². The molecule has 0 aliphatic heterocycles. The van der Waals surface area contributed by atoms with Crippen LogP contribution in [0.3, 0.4) is 0 Å². The van der Waals surface area contributed by atoms with Gasteiger partial charge in [0.05, 0.1) is 5.02 Å². The Morgan fingerprint density at radius 1 is 1.08 bits per heavy atom. The van der Waals surface area contributed by atoms with E-state index < -0.39 is 0 Å². The van der Waals surface area contributed by atoms with E-state index in [2.05, 4.69) is 38.8 Å². The molecule has 1 saturated carbocycles. The first-order valence-electron chi connectivity index (χ1n) is 9.00. The highest BCUT2D eigenvalue weighted by Crippen LogP contribution is 2.41. The Morgan fingerprint density at radius 2 is 1.81 bits per heavy atom. The Kier molecular flexibility index (Phi) is 5.27. The molecule has 2 heterocycles. The van der Waals surface area contributed by atoms with Gasteiger partial charge in [-0.25, -0.2) is 0 Å². The van der Waals surface area contributed by atoms with E-state index >= 15 is 0 Å². The molecule has 1 aliphatic carbocycles. The van der Waals surface area contributed by atoms with E-state index in [1.807, 2.05) is 36.7 Å². The van der Waals surface area contributed by atoms with Crippen molar-refractivity contribution in [1.82, 2.24) is 19.7 Å². The van der Waals surface area contributed by atoms with E-state index in [9.17, 15) is 0 Å². The highest BCUT2D eigenvalue weighted by Gasteiger charge is 2.26. The molecule has 0 saturated heterocycles. The molecular weight excluding hydrogens is 364 g/mol. The standard InChI is InChI=1S/C20H21ClN4S/c1-14(15-10-12-22-13-11-15)26-20-24-23-19(17-8-4-5-9-18(17)21)25(20)16-6-2-3-7-16/h4-5,8-14,16H,2-3,6-7H2,1H3. The van der Waals surface area contributed by atoms with Crippen LogP contribution in [0.4, 0.5) is 0 Å². The molecule has 0 spiro atoms. The topological polar surface area (TPSA) is 43.6 Å². The summed E-state index contributed by atoms with van der Waals surface area (Å²) in [5, 5.41) is 11.0. The second-order valence-electron chi connectivity index (χ2n) is 6.63. The molecule has 6 heteroatoms. The summed E-state index contributed by atoms with van der Waals surface area (Å²) >= 11 is 8.20. The van der Waals surface area contributed by atoms with Crippen LogP contribution in [0, 0.1) is 0 Å². The summed E-state index contributed by atoms with van der Waals surface area (Å²) in [6, 6.07) is 12.5. The number of nitrogens with zero attached hydrogens (tertiary/aromatic N) is 4. The zero-order valence-electron chi connectivity index (χ0n) is 14.7. The van der Waals surface area contributed by atoms with E-state index in [1.54, 1.807) is 11.8 Å². The van der Waals surface area contributed by atoms with Crippen LogP contribution in [-0.4, -0.2) is 19.7 Å². The summed E-state index contributed by atoms with van der Waals surface area (Å²) in [4.78, 5) is 4.11. The van der Waals surface area contributed by atoms with E-state index in [0.29, 0.717) is 6.04 Å². The van der Waals surface area contributed by atoms with Gasteiger partial charge in [-0.05, 0) is 49.6 Å². The second kappa shape index (κ2) is 7.80. The second-order valence-corrected chi connectivity index (χ2v) is 8.35. The number of hydrogen-bond acceptors (Lipinski definition) is 4. The normalized spacial score (nSPS) is 16.1. The third-order valence-electron chi connectivity index (χ3n) is 4.93. The molecule has 4 rings (SSSR count). The zero-order valence-corrected chi connectivity index (χ0v) is 16.2. The lowest BCUT2D eigenvalue weighted by molar-refractivity contribution is 0.485. The average molecular weight is 385 g/mol. The maximum Gasteiger partial charge on any atom is 0.192 e. The van der Waals surface area contributed by atoms with E-state index in [4.69, 9.17) is 11.6 Å². The highest BCUT2D eigenvalue weighted by molar-refractivity contribution is 7.99. The van der Waals surface area contributed by atoms with E-state index in [-0.39, 0.29) is 5.25 Å². The van der Waals surface area contributed by atoms with Crippen LogP contribution in [-0.2, 0) is 0 Å². The first-order valence-corrected chi connectivity index (χ1v) is 10.3. The minimum Gasteiger partial charge on any atom is -0.299 e. The molecule has 1 atom stereocenters. The van der Waals surface area contributed by atoms with Gasteiger partial charge in [-0.3, -0.25) is 9.55 Å². The monoisotopic (exact) mass is 384 g/mol. The molecule has 134 valence electrons. The molecule has 1 fully saturated rings. The summed E-state index contributed by atoms with van der Waals surface area (Å²) in [5.41, 5.74) is 2.20. The van der Waals surface area contributed by atoms with Crippen molar-refractivity contribution in [2.24, 2.45) is 0 Å². The summed E-state index contributed by atoms with van der Waals surface area (Å²) in [6.07, 6.45) is 8.54. The van der Waals surface area contributed by atoms with Gasteiger partial charge < -0.3 is 0 Å². The largest absolute Gasteiger partial charge is 0.299 e. The predicted octanol–water partition coefficient (Wildman–Crippen LogP) is 5.96. The molecule has 3 aromatic rings. The molecule has 1 unspecified atom stereocenters. The lowest BCUT2D eigenvalue weighted by Gasteiger charge is -2.19. The van der Waals surface area contributed by atoms with Gasteiger partial charge in [-0.2, -0.15) is 0 Å². The van der Waals surface area contributed by atoms with Gasteiger partial charge in [0.2, 0.25) is 0 Å². The van der Waals surface area contributed by atoms with Crippen LogP contribution < -0.4 is 0 Å². The van der Waals surface area contributed by atoms with Crippen molar-refractivity contribution >= 4 is 23.4 Å². The van der Waals surface area contributed by atoms with Crippen molar-refractivity contribution in [2.75, 3.05) is 0 Å². The average Bonchev–Trinajstić information content (AvgIpc) is 3.32. The van der Waals surface area contributed by atoms with Crippen molar-refractivity contribution in [1.29, 1.82) is 0 Å². The van der Waals surface area contributed by atoms with Crippen LogP contribution in [0.1, 0.15) is 49.5 Å². The Labute approximate surface area is 163 Å². The molecule has 4 nitrogen and oxygen atoms in total. The highest BCUT2D eigenvalue weighted by atomic mass is 35.5. The number of hydrogen-bond donors (Lipinski definition) is 0. The molecule has 0 amide bonds. The van der Waals surface area contributed by atoms with Gasteiger partial charge in [-0.1, -0.05) is 48.3 Å². The van der Waals surface area contributed by atoms with Crippen molar-refractivity contribution < 1.29 is 0 Å². The molecule has 1 aromatic carbocycles. The van der Waals surface area contributed by atoms with Crippen molar-refractivity contribution in [3.63, 3.8) is 0 Å². The Morgan fingerprint density at radius 3 is 2.54 bits per heavy atom. The van der Waals surface area contributed by atoms with Crippen molar-refractivity contribution in [2.45, 2.75) is 49.1 Å². The minimum absolute atomic E-state index is 0.279. The van der Waals surface area contributed by atoms with Crippen LogP contribution >= 0.6 is 23.4 Å². The quantitative estimate of drug-likeness (QED) is 0.509. The lowest BCUT2D eigenvalue weighted by Crippen LogP contribution is -2.09. The number of benzene rings is 1. The van der Waals surface area contributed by atoms with Crippen LogP contribution in [0.2, 0.25) is 5.02 Å². The number of thioether (sulfide) groups is 1. The van der Waals surface area contributed by atoms with Crippen molar-refractivity contribution in [3.05, 3.63) is 59.4 Å². The molecule has 0 radical (unpaired) electrons. The first-order chi connectivity index (χ1) is 12.7. The third kappa shape index (κ3) is 3.51. The number of halogens is 1. The lowest BCUT2D eigenvalue weighted by atomic mass is 10.2. The van der Waals surface area contributed by atoms with Crippen LogP contribution in [0.5, 0.6) is 0 Å². The third-order valence-corrected chi connectivity index (χ3v) is 6.37. The minimum atomic E-state index is 0.279. The van der Waals surface area contributed by atoms with E-state index in [0.717, 1.165) is 21.6 Å². The van der Waals surface area contributed by atoms with Crippen molar-refractivity contribution in [3.8, 4) is 11.4 Å². The number of rotatable bonds is 5. The SMILES string of the molecule is CC(Sc1nnc(-c2ccccc2Cl)n1C1CCCC1)c1ccncc1. The molecule has 1 aliphatic rings. The predicted molar refractivity (Wildman–Crippen MR) is 106 cm³/mol. The Bertz CT molecular complexity index is 875. The molecule has 0 bridgehead atoms. The maximum atomic E-state index is 6.45. The van der Waals surface area contributed by atoms with Gasteiger partial charge in [0.15, 0.2) is 11.0 Å². The maximum absolute atomic E-state index is 6.45. The summed E-state index contributed by atoms with van der Waals surface area (Å²) in [5.74, 6) is 0.881. The van der Waals surface area contributed by atoms with Gasteiger partial charge in [-0.15, -0.1) is 10.2 Å². The summed E-state index contributed by atoms with van der Waals surface area (Å²) in [6.45, 7) is 2.20. The number of pyridine rings is 1. The fraction of sp³-hybridized carbons (Fsp3) is 0.350. The smallest absolute Gasteiger partial charge is 0.192 e. The Balaban J connectivity index is 1.72. The number of aromatic nitrogens is 4. The fourth-order valence-corrected chi connectivity index (χ4v) is 4.80. The Hall–Kier alpha value is -1.85. The molecule has 0 N–H and O–H groups in total. The first kappa shape index (κ1) is 17.6. The summed E-state index contributed by atoms with van der Waals surface area (Å²) in [7, 11) is 0. The summed E-state index contributed by atoms with van der Waals surface area (Å²) < 4.78 is 2.32.